The van der Waals surface area contributed by atoms with Crippen molar-refractivity contribution in [3.8, 4) is 0 Å². The lowest BCUT2D eigenvalue weighted by atomic mass is 10.3. The average molecular weight is 269 g/mol. The molecule has 0 saturated heterocycles. The maximum absolute atomic E-state index is 13.5. The quantitative estimate of drug-likeness (QED) is 0.867. The molecule has 0 radical (unpaired) electrons. The Morgan fingerprint density at radius 3 is 2.82 bits per heavy atom. The molecule has 0 aliphatic carbocycles. The highest BCUT2D eigenvalue weighted by molar-refractivity contribution is 7.85. The first-order chi connectivity index (χ1) is 8.16. The molecule has 5 heteroatoms. The minimum atomic E-state index is -1.31. The van der Waals surface area contributed by atoms with Crippen molar-refractivity contribution in [3.05, 3.63) is 46.4 Å². The monoisotopic (exact) mass is 269 g/mol. The summed E-state index contributed by atoms with van der Waals surface area (Å²) in [6, 6.07) is 8.21. The van der Waals surface area contributed by atoms with E-state index in [1.807, 2.05) is 17.5 Å². The van der Waals surface area contributed by atoms with Gasteiger partial charge < -0.3 is 5.73 Å². The summed E-state index contributed by atoms with van der Waals surface area (Å²) in [5.41, 5.74) is 5.79. The Hall–Kier alpha value is -1.20. The lowest BCUT2D eigenvalue weighted by Gasteiger charge is -2.03. The van der Waals surface area contributed by atoms with Gasteiger partial charge in [0, 0.05) is 16.3 Å². The van der Waals surface area contributed by atoms with Gasteiger partial charge in [-0.25, -0.2) is 4.39 Å². The number of rotatable bonds is 4. The van der Waals surface area contributed by atoms with Crippen LogP contribution < -0.4 is 5.73 Å². The molecular formula is C12H12FNOS2. The Morgan fingerprint density at radius 2 is 2.18 bits per heavy atom. The van der Waals surface area contributed by atoms with Crippen LogP contribution in [0, 0.1) is 5.82 Å². The fraction of sp³-hybridized carbons (Fsp3) is 0.167. The summed E-state index contributed by atoms with van der Waals surface area (Å²) in [7, 11) is -1.31. The Kier molecular flexibility index (Phi) is 3.91. The lowest BCUT2D eigenvalue weighted by Crippen LogP contribution is -2.03. The predicted octanol–water partition coefficient (Wildman–Crippen LogP) is 2.82. The largest absolute Gasteiger partial charge is 0.399 e. The molecule has 0 bridgehead atoms. The standard InChI is InChI=1S/C12H12FNOS2/c13-11-8-9(14)3-4-12(11)17(15)7-5-10-2-1-6-16-10/h1-4,6,8H,5,7,14H2. The second kappa shape index (κ2) is 5.42. The van der Waals surface area contributed by atoms with Gasteiger partial charge in [0.05, 0.1) is 15.7 Å². The maximum atomic E-state index is 13.5. The summed E-state index contributed by atoms with van der Waals surface area (Å²) in [6.45, 7) is 0. The van der Waals surface area contributed by atoms with Gasteiger partial charge in [0.25, 0.3) is 0 Å². The smallest absolute Gasteiger partial charge is 0.141 e. The molecule has 1 heterocycles. The van der Waals surface area contributed by atoms with Crippen LogP contribution in [0.15, 0.2) is 40.6 Å². The van der Waals surface area contributed by atoms with Crippen molar-refractivity contribution in [2.45, 2.75) is 11.3 Å². The van der Waals surface area contributed by atoms with Crippen molar-refractivity contribution < 1.29 is 8.60 Å². The van der Waals surface area contributed by atoms with Gasteiger partial charge in [-0.15, -0.1) is 11.3 Å². The molecule has 90 valence electrons. The van der Waals surface area contributed by atoms with E-state index in [2.05, 4.69) is 0 Å². The minimum absolute atomic E-state index is 0.232. The molecule has 2 N–H and O–H groups in total. The first kappa shape index (κ1) is 12.3. The number of halogens is 1. The van der Waals surface area contributed by atoms with Crippen LogP contribution in [0.25, 0.3) is 0 Å². The summed E-state index contributed by atoms with van der Waals surface area (Å²) in [5.74, 6) is -0.0593. The van der Waals surface area contributed by atoms with Gasteiger partial charge >= 0.3 is 0 Å². The first-order valence-electron chi connectivity index (χ1n) is 5.12. The zero-order valence-electron chi connectivity index (χ0n) is 9.06. The third-order valence-electron chi connectivity index (χ3n) is 2.32. The van der Waals surface area contributed by atoms with E-state index in [-0.39, 0.29) is 4.90 Å². The number of benzene rings is 1. The Balaban J connectivity index is 2.04. The second-order valence-corrected chi connectivity index (χ2v) is 6.14. The van der Waals surface area contributed by atoms with E-state index in [1.54, 1.807) is 17.4 Å². The molecule has 1 aromatic heterocycles. The van der Waals surface area contributed by atoms with Crippen LogP contribution in [0.3, 0.4) is 0 Å². The summed E-state index contributed by atoms with van der Waals surface area (Å²) >= 11 is 1.62. The Morgan fingerprint density at radius 1 is 1.35 bits per heavy atom. The molecule has 0 fully saturated rings. The van der Waals surface area contributed by atoms with Crippen LogP contribution in [-0.2, 0) is 17.2 Å². The second-order valence-electron chi connectivity index (χ2n) is 3.57. The summed E-state index contributed by atoms with van der Waals surface area (Å²) in [4.78, 5) is 1.39. The molecule has 17 heavy (non-hydrogen) atoms. The molecule has 0 amide bonds. The van der Waals surface area contributed by atoms with Crippen LogP contribution in [0.5, 0.6) is 0 Å². The van der Waals surface area contributed by atoms with E-state index in [0.717, 1.165) is 4.88 Å². The number of aryl methyl sites for hydroxylation is 1. The fourth-order valence-corrected chi connectivity index (χ4v) is 3.42. The van der Waals surface area contributed by atoms with Crippen LogP contribution in [-0.4, -0.2) is 9.96 Å². The molecule has 2 rings (SSSR count). The van der Waals surface area contributed by atoms with Crippen LogP contribution in [0.4, 0.5) is 10.1 Å². The van der Waals surface area contributed by atoms with E-state index in [0.29, 0.717) is 17.9 Å². The van der Waals surface area contributed by atoms with Crippen LogP contribution in [0.2, 0.25) is 0 Å². The third-order valence-corrected chi connectivity index (χ3v) is 4.65. The highest BCUT2D eigenvalue weighted by Gasteiger charge is 2.10. The number of hydrogen-bond donors (Lipinski definition) is 1. The molecule has 2 aromatic rings. The van der Waals surface area contributed by atoms with E-state index in [4.69, 9.17) is 5.73 Å². The summed E-state index contributed by atoms with van der Waals surface area (Å²) in [5, 5.41) is 1.97. The Bertz CT molecular complexity index is 525. The number of anilines is 1. The molecule has 1 unspecified atom stereocenters. The third kappa shape index (κ3) is 3.14. The van der Waals surface area contributed by atoms with Gasteiger partial charge in [0.1, 0.15) is 5.82 Å². The van der Waals surface area contributed by atoms with Gasteiger partial charge in [0.2, 0.25) is 0 Å². The zero-order valence-corrected chi connectivity index (χ0v) is 10.7. The number of thiophene rings is 1. The normalized spacial score (nSPS) is 12.5. The number of nitrogen functional groups attached to an aromatic ring is 1. The molecule has 0 aliphatic heterocycles. The molecule has 0 saturated carbocycles. The van der Waals surface area contributed by atoms with Crippen molar-refractivity contribution >= 4 is 27.8 Å². The Labute approximate surface area is 106 Å². The van der Waals surface area contributed by atoms with Crippen molar-refractivity contribution in [3.63, 3.8) is 0 Å². The van der Waals surface area contributed by atoms with E-state index in [1.165, 1.54) is 12.1 Å². The molecule has 2 nitrogen and oxygen atoms in total. The zero-order chi connectivity index (χ0) is 12.3. The predicted molar refractivity (Wildman–Crippen MR) is 70.1 cm³/mol. The lowest BCUT2D eigenvalue weighted by molar-refractivity contribution is 0.596. The average Bonchev–Trinajstić information content (AvgIpc) is 2.78. The van der Waals surface area contributed by atoms with Gasteiger partial charge in [-0.2, -0.15) is 0 Å². The number of hydrogen-bond acceptors (Lipinski definition) is 3. The number of nitrogens with two attached hydrogens (primary N) is 1. The summed E-state index contributed by atoms with van der Waals surface area (Å²) in [6.07, 6.45) is 0.702. The first-order valence-corrected chi connectivity index (χ1v) is 7.32. The SMILES string of the molecule is Nc1ccc(S(=O)CCc2cccs2)c(F)c1. The van der Waals surface area contributed by atoms with Gasteiger partial charge in [-0.1, -0.05) is 6.07 Å². The topological polar surface area (TPSA) is 43.1 Å². The molecule has 1 aromatic carbocycles. The van der Waals surface area contributed by atoms with Crippen LogP contribution in [0.1, 0.15) is 4.88 Å². The van der Waals surface area contributed by atoms with E-state index >= 15 is 0 Å². The van der Waals surface area contributed by atoms with Gasteiger partial charge in [-0.3, -0.25) is 4.21 Å². The molecular weight excluding hydrogens is 257 g/mol. The maximum Gasteiger partial charge on any atom is 0.141 e. The van der Waals surface area contributed by atoms with Crippen molar-refractivity contribution in [2.75, 3.05) is 11.5 Å². The highest BCUT2D eigenvalue weighted by Crippen LogP contribution is 2.17. The molecule has 1 atom stereocenters. The fourth-order valence-electron chi connectivity index (χ4n) is 1.46. The van der Waals surface area contributed by atoms with E-state index in [9.17, 15) is 8.60 Å². The van der Waals surface area contributed by atoms with Crippen molar-refractivity contribution in [2.24, 2.45) is 0 Å². The van der Waals surface area contributed by atoms with Gasteiger partial charge in [-0.05, 0) is 36.1 Å². The molecule has 0 aliphatic rings. The van der Waals surface area contributed by atoms with Crippen molar-refractivity contribution in [1.82, 2.24) is 0 Å². The van der Waals surface area contributed by atoms with Crippen molar-refractivity contribution in [1.29, 1.82) is 0 Å². The summed E-state index contributed by atoms with van der Waals surface area (Å²) < 4.78 is 25.4. The molecule has 0 spiro atoms. The van der Waals surface area contributed by atoms with Gasteiger partial charge in [0.15, 0.2) is 0 Å². The minimum Gasteiger partial charge on any atom is -0.399 e. The van der Waals surface area contributed by atoms with E-state index < -0.39 is 16.6 Å². The highest BCUT2D eigenvalue weighted by atomic mass is 32.2. The van der Waals surface area contributed by atoms with Crippen LogP contribution >= 0.6 is 11.3 Å².